The number of benzene rings is 2. The van der Waals surface area contributed by atoms with Gasteiger partial charge in [-0.3, -0.25) is 4.79 Å². The summed E-state index contributed by atoms with van der Waals surface area (Å²) in [6, 6.07) is 16.8. The van der Waals surface area contributed by atoms with Gasteiger partial charge in [0.2, 0.25) is 0 Å². The number of hydrogen-bond acceptors (Lipinski definition) is 1. The molecular weight excluding hydrogens is 296 g/mol. The zero-order chi connectivity index (χ0) is 15.5. The number of aromatic nitrogens is 1. The summed E-state index contributed by atoms with van der Waals surface area (Å²) in [5, 5.41) is 3.49. The van der Waals surface area contributed by atoms with Crippen LogP contribution in [-0.4, -0.2) is 10.5 Å². The lowest BCUT2D eigenvalue weighted by Crippen LogP contribution is -2.11. The Labute approximate surface area is 134 Å². The molecule has 3 rings (SSSR count). The van der Waals surface area contributed by atoms with Crippen LogP contribution in [0.3, 0.4) is 0 Å². The average Bonchev–Trinajstić information content (AvgIpc) is 3.05. The summed E-state index contributed by atoms with van der Waals surface area (Å²) < 4.78 is 1.99. The first-order chi connectivity index (χ1) is 10.6. The molecule has 0 aliphatic carbocycles. The van der Waals surface area contributed by atoms with Crippen molar-refractivity contribution in [1.82, 2.24) is 4.57 Å². The Bertz CT molecular complexity index is 792. The predicted octanol–water partition coefficient (Wildman–Crippen LogP) is 4.69. The highest BCUT2D eigenvalue weighted by Crippen LogP contribution is 2.20. The van der Waals surface area contributed by atoms with Crippen LogP contribution in [0.4, 0.5) is 5.69 Å². The molecule has 110 valence electrons. The Hall–Kier alpha value is -2.52. The van der Waals surface area contributed by atoms with E-state index in [-0.39, 0.29) is 5.91 Å². The lowest BCUT2D eigenvalue weighted by molar-refractivity contribution is 0.102. The normalized spacial score (nSPS) is 10.5. The Morgan fingerprint density at radius 3 is 2.36 bits per heavy atom. The summed E-state index contributed by atoms with van der Waals surface area (Å²) in [4.78, 5) is 12.2. The maximum atomic E-state index is 12.2. The van der Waals surface area contributed by atoms with E-state index in [1.54, 1.807) is 18.2 Å². The molecule has 0 spiro atoms. The van der Waals surface area contributed by atoms with E-state index < -0.39 is 0 Å². The van der Waals surface area contributed by atoms with Gasteiger partial charge in [0.15, 0.2) is 0 Å². The van der Waals surface area contributed by atoms with Gasteiger partial charge in [-0.25, -0.2) is 0 Å². The molecule has 1 heterocycles. The van der Waals surface area contributed by atoms with E-state index in [0.29, 0.717) is 16.3 Å². The third kappa shape index (κ3) is 3.05. The Morgan fingerprint density at radius 2 is 1.73 bits per heavy atom. The van der Waals surface area contributed by atoms with E-state index in [0.717, 1.165) is 11.3 Å². The smallest absolute Gasteiger partial charge is 0.255 e. The first-order valence-corrected chi connectivity index (χ1v) is 7.32. The van der Waals surface area contributed by atoms with Crippen molar-refractivity contribution in [2.45, 2.75) is 6.92 Å². The van der Waals surface area contributed by atoms with Gasteiger partial charge < -0.3 is 9.88 Å². The van der Waals surface area contributed by atoms with Gasteiger partial charge in [0.1, 0.15) is 0 Å². The number of carbonyl (C=O) groups is 1. The largest absolute Gasteiger partial charge is 0.324 e. The minimum absolute atomic E-state index is 0.154. The summed E-state index contributed by atoms with van der Waals surface area (Å²) >= 11 is 6.07. The van der Waals surface area contributed by atoms with E-state index in [1.165, 1.54) is 0 Å². The molecule has 3 nitrogen and oxygen atoms in total. The number of anilines is 1. The molecular formula is C18H15ClN2O. The molecule has 0 fully saturated rings. The summed E-state index contributed by atoms with van der Waals surface area (Å²) in [6.45, 7) is 1.92. The molecule has 0 bridgehead atoms. The lowest BCUT2D eigenvalue weighted by atomic mass is 10.1. The van der Waals surface area contributed by atoms with Gasteiger partial charge in [-0.1, -0.05) is 17.7 Å². The van der Waals surface area contributed by atoms with Crippen LogP contribution in [0, 0.1) is 6.92 Å². The average molecular weight is 311 g/mol. The molecule has 2 aromatic carbocycles. The molecule has 22 heavy (non-hydrogen) atoms. The van der Waals surface area contributed by atoms with Gasteiger partial charge in [-0.05, 0) is 61.0 Å². The summed E-state index contributed by atoms with van der Waals surface area (Å²) in [5.41, 5.74) is 3.29. The van der Waals surface area contributed by atoms with Crippen molar-refractivity contribution in [2.24, 2.45) is 0 Å². The molecule has 4 heteroatoms. The first-order valence-electron chi connectivity index (χ1n) is 6.94. The van der Waals surface area contributed by atoms with Gasteiger partial charge in [0, 0.05) is 34.4 Å². The van der Waals surface area contributed by atoms with Crippen LogP contribution in [0.5, 0.6) is 0 Å². The van der Waals surface area contributed by atoms with Gasteiger partial charge in [-0.2, -0.15) is 0 Å². The minimum Gasteiger partial charge on any atom is -0.324 e. The topological polar surface area (TPSA) is 34.0 Å². The van der Waals surface area contributed by atoms with Crippen molar-refractivity contribution in [3.63, 3.8) is 0 Å². The molecule has 0 saturated carbocycles. The van der Waals surface area contributed by atoms with Crippen molar-refractivity contribution >= 4 is 23.2 Å². The van der Waals surface area contributed by atoms with E-state index in [4.69, 9.17) is 11.6 Å². The molecule has 1 aromatic heterocycles. The van der Waals surface area contributed by atoms with Crippen LogP contribution >= 0.6 is 11.6 Å². The maximum absolute atomic E-state index is 12.2. The summed E-state index contributed by atoms with van der Waals surface area (Å²) in [5.74, 6) is -0.154. The Kier molecular flexibility index (Phi) is 3.98. The van der Waals surface area contributed by atoms with E-state index in [9.17, 15) is 4.79 Å². The molecule has 1 amide bonds. The lowest BCUT2D eigenvalue weighted by Gasteiger charge is -2.08. The first kappa shape index (κ1) is 14.4. The van der Waals surface area contributed by atoms with E-state index >= 15 is 0 Å². The Morgan fingerprint density at radius 1 is 1.05 bits per heavy atom. The quantitative estimate of drug-likeness (QED) is 0.748. The van der Waals surface area contributed by atoms with Crippen molar-refractivity contribution < 1.29 is 4.79 Å². The highest BCUT2D eigenvalue weighted by molar-refractivity contribution is 6.31. The number of hydrogen-bond donors (Lipinski definition) is 1. The molecule has 0 saturated heterocycles. The zero-order valence-corrected chi connectivity index (χ0v) is 12.8. The highest BCUT2D eigenvalue weighted by atomic mass is 35.5. The monoisotopic (exact) mass is 310 g/mol. The number of nitrogens with zero attached hydrogens (tertiary/aromatic N) is 1. The van der Waals surface area contributed by atoms with Crippen molar-refractivity contribution in [3.05, 3.63) is 83.1 Å². The van der Waals surface area contributed by atoms with Gasteiger partial charge in [-0.15, -0.1) is 0 Å². The minimum atomic E-state index is -0.154. The number of halogens is 1. The van der Waals surface area contributed by atoms with Crippen LogP contribution in [0.15, 0.2) is 67.0 Å². The third-order valence-corrected chi connectivity index (χ3v) is 3.87. The zero-order valence-electron chi connectivity index (χ0n) is 12.1. The van der Waals surface area contributed by atoms with Crippen LogP contribution < -0.4 is 5.32 Å². The summed E-state index contributed by atoms with van der Waals surface area (Å²) in [6.07, 6.45) is 3.92. The fraction of sp³-hybridized carbons (Fsp3) is 0.0556. The van der Waals surface area contributed by atoms with Crippen molar-refractivity contribution in [3.8, 4) is 5.69 Å². The number of nitrogens with one attached hydrogen (secondary N) is 1. The molecule has 0 aliphatic heterocycles. The van der Waals surface area contributed by atoms with Gasteiger partial charge >= 0.3 is 0 Å². The van der Waals surface area contributed by atoms with Crippen LogP contribution in [-0.2, 0) is 0 Å². The molecule has 1 N–H and O–H groups in total. The van der Waals surface area contributed by atoms with Crippen LogP contribution in [0.2, 0.25) is 5.02 Å². The number of amides is 1. The van der Waals surface area contributed by atoms with E-state index in [1.807, 2.05) is 60.3 Å². The van der Waals surface area contributed by atoms with Gasteiger partial charge in [0.25, 0.3) is 5.91 Å². The molecule has 0 radical (unpaired) electrons. The van der Waals surface area contributed by atoms with Crippen molar-refractivity contribution in [2.75, 3.05) is 5.32 Å². The standard InChI is InChI=1S/C18H15ClN2O/c1-13-4-7-15(12-17(13)19)20-18(22)14-5-8-16(9-6-14)21-10-2-3-11-21/h2-12H,1H3,(H,20,22). The number of carbonyl (C=O) groups excluding carboxylic acids is 1. The van der Waals surface area contributed by atoms with Gasteiger partial charge in [0.05, 0.1) is 0 Å². The predicted molar refractivity (Wildman–Crippen MR) is 89.9 cm³/mol. The third-order valence-electron chi connectivity index (χ3n) is 3.46. The van der Waals surface area contributed by atoms with E-state index in [2.05, 4.69) is 5.32 Å². The van der Waals surface area contributed by atoms with Crippen LogP contribution in [0.25, 0.3) is 5.69 Å². The van der Waals surface area contributed by atoms with Crippen LogP contribution in [0.1, 0.15) is 15.9 Å². The number of rotatable bonds is 3. The fourth-order valence-electron chi connectivity index (χ4n) is 2.17. The molecule has 0 unspecified atom stereocenters. The molecule has 0 atom stereocenters. The highest BCUT2D eigenvalue weighted by Gasteiger charge is 2.07. The fourth-order valence-corrected chi connectivity index (χ4v) is 2.35. The molecule has 0 aliphatic rings. The Balaban J connectivity index is 1.76. The second kappa shape index (κ2) is 6.08. The molecule has 3 aromatic rings. The second-order valence-electron chi connectivity index (χ2n) is 5.06. The SMILES string of the molecule is Cc1ccc(NC(=O)c2ccc(-n3cccc3)cc2)cc1Cl. The second-order valence-corrected chi connectivity index (χ2v) is 5.46. The van der Waals surface area contributed by atoms with Crippen molar-refractivity contribution in [1.29, 1.82) is 0 Å². The maximum Gasteiger partial charge on any atom is 0.255 e. The number of aryl methyl sites for hydroxylation is 1. The summed E-state index contributed by atoms with van der Waals surface area (Å²) in [7, 11) is 0.